The van der Waals surface area contributed by atoms with E-state index in [4.69, 9.17) is 11.6 Å². The second-order valence-electron chi connectivity index (χ2n) is 8.06. The minimum absolute atomic E-state index is 0.0822. The number of para-hydroxylation sites is 2. The van der Waals surface area contributed by atoms with E-state index in [1.54, 1.807) is 48.5 Å². The van der Waals surface area contributed by atoms with E-state index in [0.29, 0.717) is 28.5 Å². The number of hydrogen-bond donors (Lipinski definition) is 2. The summed E-state index contributed by atoms with van der Waals surface area (Å²) in [6.45, 7) is 2.62. The van der Waals surface area contributed by atoms with Gasteiger partial charge in [-0.05, 0) is 36.8 Å². The van der Waals surface area contributed by atoms with Gasteiger partial charge < -0.3 is 15.5 Å². The summed E-state index contributed by atoms with van der Waals surface area (Å²) in [5, 5.41) is 6.19. The van der Waals surface area contributed by atoms with Crippen LogP contribution in [0.5, 0.6) is 0 Å². The molecule has 33 heavy (non-hydrogen) atoms. The molecule has 0 radical (unpaired) electrons. The molecule has 0 spiro atoms. The molecular formula is C26H24ClN3O3. The van der Waals surface area contributed by atoms with Gasteiger partial charge in [-0.15, -0.1) is 0 Å². The highest BCUT2D eigenvalue weighted by Gasteiger charge is 2.36. The van der Waals surface area contributed by atoms with Crippen LogP contribution >= 0.6 is 11.6 Å². The number of aryl methyl sites for hydroxylation is 1. The molecule has 7 heteroatoms. The van der Waals surface area contributed by atoms with Crippen LogP contribution in [-0.4, -0.2) is 24.3 Å². The van der Waals surface area contributed by atoms with Crippen LogP contribution in [0, 0.1) is 12.8 Å². The highest BCUT2D eigenvalue weighted by molar-refractivity contribution is 6.34. The van der Waals surface area contributed by atoms with Crippen LogP contribution in [0.15, 0.2) is 72.8 Å². The maximum atomic E-state index is 13.0. The van der Waals surface area contributed by atoms with Gasteiger partial charge in [-0.25, -0.2) is 0 Å². The topological polar surface area (TPSA) is 78.5 Å². The van der Waals surface area contributed by atoms with E-state index in [2.05, 4.69) is 10.6 Å². The molecule has 0 aromatic heterocycles. The van der Waals surface area contributed by atoms with Crippen LogP contribution in [0.1, 0.15) is 27.9 Å². The Morgan fingerprint density at radius 3 is 2.45 bits per heavy atom. The highest BCUT2D eigenvalue weighted by atomic mass is 35.5. The molecule has 0 aliphatic carbocycles. The number of hydrogen-bond acceptors (Lipinski definition) is 3. The summed E-state index contributed by atoms with van der Waals surface area (Å²) in [5.74, 6) is -1.30. The number of anilines is 2. The fourth-order valence-electron chi connectivity index (χ4n) is 3.80. The lowest BCUT2D eigenvalue weighted by Gasteiger charge is -2.18. The Morgan fingerprint density at radius 2 is 1.70 bits per heavy atom. The van der Waals surface area contributed by atoms with Crippen molar-refractivity contribution >= 4 is 40.7 Å². The van der Waals surface area contributed by atoms with Crippen molar-refractivity contribution in [1.29, 1.82) is 0 Å². The van der Waals surface area contributed by atoms with Gasteiger partial charge >= 0.3 is 0 Å². The third kappa shape index (κ3) is 5.23. The monoisotopic (exact) mass is 461 g/mol. The molecule has 1 aliphatic rings. The number of nitrogens with zero attached hydrogens (tertiary/aromatic N) is 1. The van der Waals surface area contributed by atoms with Crippen molar-refractivity contribution in [1.82, 2.24) is 5.32 Å². The number of halogens is 1. The zero-order valence-corrected chi connectivity index (χ0v) is 18.9. The third-order valence-electron chi connectivity index (χ3n) is 5.64. The summed E-state index contributed by atoms with van der Waals surface area (Å²) in [6.07, 6.45) is 0.0822. The number of rotatable bonds is 6. The fraction of sp³-hybridized carbons (Fsp3) is 0.192. The number of carbonyl (C=O) groups excluding carboxylic acids is 3. The van der Waals surface area contributed by atoms with Crippen LogP contribution in [0.3, 0.4) is 0 Å². The molecule has 1 atom stereocenters. The molecule has 3 amide bonds. The molecule has 0 unspecified atom stereocenters. The Bertz CT molecular complexity index is 1190. The summed E-state index contributed by atoms with van der Waals surface area (Å²) in [7, 11) is 0. The molecular weight excluding hydrogens is 438 g/mol. The Morgan fingerprint density at radius 1 is 1.00 bits per heavy atom. The van der Waals surface area contributed by atoms with Gasteiger partial charge in [-0.3, -0.25) is 14.4 Å². The summed E-state index contributed by atoms with van der Waals surface area (Å²) < 4.78 is 0. The normalized spacial score (nSPS) is 15.4. The number of amides is 3. The van der Waals surface area contributed by atoms with Gasteiger partial charge in [0.2, 0.25) is 11.8 Å². The standard InChI is InChI=1S/C26H24ClN3O3/c1-17-10-12-18(13-11-17)15-28-26(33)20-6-2-4-8-22(20)29-25(32)19-14-24(31)30(16-19)23-9-5-3-7-21(23)27/h2-13,19H,14-16H2,1H3,(H,28,33)(H,29,32)/t19-/m1/s1. The molecule has 3 aromatic rings. The minimum Gasteiger partial charge on any atom is -0.348 e. The van der Waals surface area contributed by atoms with Gasteiger partial charge in [0, 0.05) is 19.5 Å². The van der Waals surface area contributed by atoms with Crippen molar-refractivity contribution in [3.05, 3.63) is 94.5 Å². The van der Waals surface area contributed by atoms with Crippen LogP contribution in [0.25, 0.3) is 0 Å². The number of nitrogens with one attached hydrogen (secondary N) is 2. The lowest BCUT2D eigenvalue weighted by molar-refractivity contribution is -0.122. The van der Waals surface area contributed by atoms with Crippen LogP contribution in [-0.2, 0) is 16.1 Å². The van der Waals surface area contributed by atoms with Gasteiger partial charge in [0.1, 0.15) is 0 Å². The maximum Gasteiger partial charge on any atom is 0.253 e. The van der Waals surface area contributed by atoms with E-state index in [-0.39, 0.29) is 30.7 Å². The molecule has 6 nitrogen and oxygen atoms in total. The van der Waals surface area contributed by atoms with Crippen molar-refractivity contribution in [2.75, 3.05) is 16.8 Å². The van der Waals surface area contributed by atoms with Crippen LogP contribution in [0.2, 0.25) is 5.02 Å². The zero-order valence-electron chi connectivity index (χ0n) is 18.2. The third-order valence-corrected chi connectivity index (χ3v) is 5.96. The Hall–Kier alpha value is -3.64. The first-order valence-electron chi connectivity index (χ1n) is 10.7. The van der Waals surface area contributed by atoms with E-state index in [1.165, 1.54) is 4.90 Å². The Balaban J connectivity index is 1.42. The van der Waals surface area contributed by atoms with Gasteiger partial charge in [0.15, 0.2) is 0 Å². The van der Waals surface area contributed by atoms with E-state index in [1.807, 2.05) is 31.2 Å². The predicted molar refractivity (Wildman–Crippen MR) is 129 cm³/mol. The van der Waals surface area contributed by atoms with Gasteiger partial charge in [0.05, 0.1) is 27.9 Å². The molecule has 3 aromatic carbocycles. The van der Waals surface area contributed by atoms with Crippen LogP contribution < -0.4 is 15.5 Å². The average Bonchev–Trinajstić information content (AvgIpc) is 3.20. The second-order valence-corrected chi connectivity index (χ2v) is 8.47. The van der Waals surface area contributed by atoms with E-state index in [9.17, 15) is 14.4 Å². The smallest absolute Gasteiger partial charge is 0.253 e. The van der Waals surface area contributed by atoms with Crippen molar-refractivity contribution in [2.24, 2.45) is 5.92 Å². The molecule has 168 valence electrons. The Kier molecular flexibility index (Phi) is 6.75. The molecule has 1 saturated heterocycles. The minimum atomic E-state index is -0.544. The van der Waals surface area contributed by atoms with E-state index < -0.39 is 5.92 Å². The second kappa shape index (κ2) is 9.88. The van der Waals surface area contributed by atoms with Crippen molar-refractivity contribution in [2.45, 2.75) is 19.9 Å². The summed E-state index contributed by atoms with van der Waals surface area (Å²) in [5.41, 5.74) is 3.50. The molecule has 1 aliphatic heterocycles. The molecule has 2 N–H and O–H groups in total. The van der Waals surface area contributed by atoms with E-state index >= 15 is 0 Å². The first-order valence-corrected chi connectivity index (χ1v) is 11.1. The molecule has 1 fully saturated rings. The lowest BCUT2D eigenvalue weighted by atomic mass is 10.1. The average molecular weight is 462 g/mol. The number of benzene rings is 3. The predicted octanol–water partition coefficient (Wildman–Crippen LogP) is 4.57. The maximum absolute atomic E-state index is 13.0. The number of carbonyl (C=O) groups is 3. The lowest BCUT2D eigenvalue weighted by Crippen LogP contribution is -2.29. The fourth-order valence-corrected chi connectivity index (χ4v) is 4.03. The zero-order chi connectivity index (χ0) is 23.4. The largest absolute Gasteiger partial charge is 0.348 e. The molecule has 0 bridgehead atoms. The first-order chi connectivity index (χ1) is 15.9. The molecule has 0 saturated carbocycles. The van der Waals surface area contributed by atoms with Gasteiger partial charge in [0.25, 0.3) is 5.91 Å². The van der Waals surface area contributed by atoms with Gasteiger partial charge in [-0.2, -0.15) is 0 Å². The van der Waals surface area contributed by atoms with Crippen molar-refractivity contribution in [3.63, 3.8) is 0 Å². The Labute approximate surface area is 197 Å². The van der Waals surface area contributed by atoms with Crippen LogP contribution in [0.4, 0.5) is 11.4 Å². The summed E-state index contributed by atoms with van der Waals surface area (Å²) >= 11 is 6.23. The molecule has 1 heterocycles. The van der Waals surface area contributed by atoms with Crippen molar-refractivity contribution < 1.29 is 14.4 Å². The summed E-state index contributed by atoms with van der Waals surface area (Å²) in [6, 6.07) is 21.8. The van der Waals surface area contributed by atoms with Crippen molar-refractivity contribution in [3.8, 4) is 0 Å². The van der Waals surface area contributed by atoms with Gasteiger partial charge in [-0.1, -0.05) is 65.7 Å². The quantitative estimate of drug-likeness (QED) is 0.564. The summed E-state index contributed by atoms with van der Waals surface area (Å²) in [4.78, 5) is 39.8. The SMILES string of the molecule is Cc1ccc(CNC(=O)c2ccccc2NC(=O)[C@@H]2CC(=O)N(c3ccccc3Cl)C2)cc1. The van der Waals surface area contributed by atoms with E-state index in [0.717, 1.165) is 11.1 Å². The molecule has 4 rings (SSSR count). The first kappa shape index (κ1) is 22.6. The highest BCUT2D eigenvalue weighted by Crippen LogP contribution is 2.31.